The van der Waals surface area contributed by atoms with E-state index < -0.39 is 0 Å². The maximum absolute atomic E-state index is 12.0. The first-order valence-corrected chi connectivity index (χ1v) is 5.47. The molecule has 1 heteroatoms. The van der Waals surface area contributed by atoms with Crippen molar-refractivity contribution in [1.82, 2.24) is 0 Å². The largest absolute Gasteiger partial charge is 0.294 e. The predicted molar refractivity (Wildman–Crippen MR) is 62.1 cm³/mol. The summed E-state index contributed by atoms with van der Waals surface area (Å²) in [5.41, 5.74) is 3.35. The van der Waals surface area contributed by atoms with E-state index in [0.717, 1.165) is 18.4 Å². The van der Waals surface area contributed by atoms with E-state index in [9.17, 15) is 4.79 Å². The molecule has 1 aromatic carbocycles. The van der Waals surface area contributed by atoms with E-state index in [1.807, 2.05) is 26.0 Å². The van der Waals surface area contributed by atoms with Crippen LogP contribution in [0, 0.1) is 12.8 Å². The van der Waals surface area contributed by atoms with Crippen LogP contribution in [-0.4, -0.2) is 5.78 Å². The summed E-state index contributed by atoms with van der Waals surface area (Å²) < 4.78 is 0. The third kappa shape index (κ3) is 1.87. The van der Waals surface area contributed by atoms with Crippen molar-refractivity contribution < 1.29 is 4.79 Å². The molecule has 0 unspecified atom stereocenters. The van der Waals surface area contributed by atoms with E-state index in [0.29, 0.717) is 5.78 Å². The van der Waals surface area contributed by atoms with E-state index in [2.05, 4.69) is 18.2 Å². The second-order valence-electron chi connectivity index (χ2n) is 4.23. The molecule has 1 nitrogen and oxygen atoms in total. The molecule has 2 rings (SSSR count). The van der Waals surface area contributed by atoms with Crippen molar-refractivity contribution in [3.63, 3.8) is 0 Å². The highest BCUT2D eigenvalue weighted by atomic mass is 16.1. The molecule has 0 saturated heterocycles. The van der Waals surface area contributed by atoms with Gasteiger partial charge in [0.2, 0.25) is 0 Å². The third-order valence-electron chi connectivity index (χ3n) is 3.02. The first-order valence-electron chi connectivity index (χ1n) is 5.47. The lowest BCUT2D eigenvalue weighted by Crippen LogP contribution is -2.07. The van der Waals surface area contributed by atoms with E-state index in [4.69, 9.17) is 0 Å². The number of carbonyl (C=O) groups excluding carboxylic acids is 1. The van der Waals surface area contributed by atoms with Gasteiger partial charge < -0.3 is 0 Å². The van der Waals surface area contributed by atoms with Crippen LogP contribution in [0.1, 0.15) is 34.8 Å². The molecule has 1 aliphatic rings. The van der Waals surface area contributed by atoms with Gasteiger partial charge >= 0.3 is 0 Å². The Morgan fingerprint density at radius 2 is 2.27 bits per heavy atom. The Morgan fingerprint density at radius 1 is 1.47 bits per heavy atom. The number of fused-ring (bicyclic) bond motifs is 1. The Kier molecular flexibility index (Phi) is 2.72. The van der Waals surface area contributed by atoms with Gasteiger partial charge in [0.15, 0.2) is 5.78 Å². The van der Waals surface area contributed by atoms with Crippen molar-refractivity contribution in [2.75, 3.05) is 0 Å². The van der Waals surface area contributed by atoms with Gasteiger partial charge in [-0.05, 0) is 38.3 Å². The molecule has 1 aromatic rings. The quantitative estimate of drug-likeness (QED) is 0.669. The first kappa shape index (κ1) is 10.2. The Hall–Kier alpha value is -1.37. The Bertz CT molecular complexity index is 415. The van der Waals surface area contributed by atoms with Crippen molar-refractivity contribution in [2.24, 2.45) is 5.92 Å². The fraction of sp³-hybridized carbons (Fsp3) is 0.357. The van der Waals surface area contributed by atoms with Gasteiger partial charge in [-0.25, -0.2) is 0 Å². The molecule has 0 amide bonds. The molecule has 1 aliphatic carbocycles. The molecule has 0 radical (unpaired) electrons. The van der Waals surface area contributed by atoms with Gasteiger partial charge in [-0.3, -0.25) is 4.79 Å². The van der Waals surface area contributed by atoms with Gasteiger partial charge in [-0.1, -0.05) is 29.8 Å². The van der Waals surface area contributed by atoms with Crippen LogP contribution >= 0.6 is 0 Å². The van der Waals surface area contributed by atoms with E-state index in [-0.39, 0.29) is 5.92 Å². The number of rotatable bonds is 2. The summed E-state index contributed by atoms with van der Waals surface area (Å²) in [7, 11) is 0. The number of ketones is 1. The highest BCUT2D eigenvalue weighted by Crippen LogP contribution is 2.29. The van der Waals surface area contributed by atoms with Crippen LogP contribution in [0.2, 0.25) is 0 Å². The van der Waals surface area contributed by atoms with Crippen molar-refractivity contribution >= 4 is 5.78 Å². The van der Waals surface area contributed by atoms with Crippen molar-refractivity contribution in [3.05, 3.63) is 47.0 Å². The van der Waals surface area contributed by atoms with Crippen LogP contribution in [-0.2, 0) is 6.42 Å². The molecular weight excluding hydrogens is 184 g/mol. The molecular formula is C14H16O. The summed E-state index contributed by atoms with van der Waals surface area (Å²) in [6.07, 6.45) is 5.89. The lowest BCUT2D eigenvalue weighted by atomic mass is 10.0. The summed E-state index contributed by atoms with van der Waals surface area (Å²) >= 11 is 0. The minimum Gasteiger partial charge on any atom is -0.294 e. The van der Waals surface area contributed by atoms with Gasteiger partial charge in [-0.15, -0.1) is 0 Å². The average molecular weight is 200 g/mol. The normalized spacial score (nSPS) is 19.9. The number of Topliss-reactive ketones (excluding diaryl/α,β-unsaturated/α-hetero) is 1. The Morgan fingerprint density at radius 3 is 3.00 bits per heavy atom. The first-order chi connectivity index (χ1) is 7.22. The molecule has 0 fully saturated rings. The SMILES string of the molecule is CC=CC[C@H]1Cc2ccc(C)cc2C1=O. The lowest BCUT2D eigenvalue weighted by molar-refractivity contribution is 0.0938. The maximum atomic E-state index is 12.0. The number of hydrogen-bond donors (Lipinski definition) is 0. The molecule has 15 heavy (non-hydrogen) atoms. The van der Waals surface area contributed by atoms with Crippen LogP contribution in [0.4, 0.5) is 0 Å². The van der Waals surface area contributed by atoms with Crippen molar-refractivity contribution in [2.45, 2.75) is 26.7 Å². The van der Waals surface area contributed by atoms with Crippen LogP contribution < -0.4 is 0 Å². The summed E-state index contributed by atoms with van der Waals surface area (Å²) in [6.45, 7) is 4.03. The van der Waals surface area contributed by atoms with E-state index in [1.165, 1.54) is 11.1 Å². The summed E-state index contributed by atoms with van der Waals surface area (Å²) in [5, 5.41) is 0. The summed E-state index contributed by atoms with van der Waals surface area (Å²) in [4.78, 5) is 12.0. The standard InChI is InChI=1S/C14H16O/c1-3-4-5-12-9-11-7-6-10(2)8-13(11)14(12)15/h3-4,6-8,12H,5,9H2,1-2H3/t12-/m0/s1. The molecule has 0 heterocycles. The fourth-order valence-corrected chi connectivity index (χ4v) is 2.17. The topological polar surface area (TPSA) is 17.1 Å². The molecule has 78 valence electrons. The molecule has 0 saturated carbocycles. The van der Waals surface area contributed by atoms with Crippen molar-refractivity contribution in [3.8, 4) is 0 Å². The highest BCUT2D eigenvalue weighted by molar-refractivity contribution is 6.02. The zero-order valence-corrected chi connectivity index (χ0v) is 9.29. The molecule has 1 atom stereocenters. The zero-order chi connectivity index (χ0) is 10.8. The fourth-order valence-electron chi connectivity index (χ4n) is 2.17. The number of allylic oxidation sites excluding steroid dienone is 2. The van der Waals surface area contributed by atoms with Gasteiger partial charge in [0.05, 0.1) is 0 Å². The molecule has 0 aromatic heterocycles. The van der Waals surface area contributed by atoms with Crippen molar-refractivity contribution in [1.29, 1.82) is 0 Å². The third-order valence-corrected chi connectivity index (χ3v) is 3.02. The van der Waals surface area contributed by atoms with Gasteiger partial charge in [0, 0.05) is 11.5 Å². The van der Waals surface area contributed by atoms with Gasteiger partial charge in [-0.2, -0.15) is 0 Å². The maximum Gasteiger partial charge on any atom is 0.166 e. The number of benzene rings is 1. The van der Waals surface area contributed by atoms with E-state index in [1.54, 1.807) is 0 Å². The second-order valence-corrected chi connectivity index (χ2v) is 4.23. The number of aryl methyl sites for hydroxylation is 1. The van der Waals surface area contributed by atoms with Gasteiger partial charge in [0.25, 0.3) is 0 Å². The number of carbonyl (C=O) groups is 1. The van der Waals surface area contributed by atoms with Crippen LogP contribution in [0.3, 0.4) is 0 Å². The van der Waals surface area contributed by atoms with Crippen LogP contribution in [0.5, 0.6) is 0 Å². The number of hydrogen-bond acceptors (Lipinski definition) is 1. The highest BCUT2D eigenvalue weighted by Gasteiger charge is 2.29. The summed E-state index contributed by atoms with van der Waals surface area (Å²) in [5.74, 6) is 0.504. The zero-order valence-electron chi connectivity index (χ0n) is 9.29. The average Bonchev–Trinajstić information content (AvgIpc) is 2.53. The molecule has 0 bridgehead atoms. The molecule has 0 spiro atoms. The minimum atomic E-state index is 0.179. The monoisotopic (exact) mass is 200 g/mol. The smallest absolute Gasteiger partial charge is 0.166 e. The molecule has 0 aliphatic heterocycles. The summed E-state index contributed by atoms with van der Waals surface area (Å²) in [6, 6.07) is 6.20. The Balaban J connectivity index is 2.25. The Labute approximate surface area is 90.8 Å². The van der Waals surface area contributed by atoms with Crippen LogP contribution in [0.25, 0.3) is 0 Å². The second kappa shape index (κ2) is 4.01. The lowest BCUT2D eigenvalue weighted by Gasteiger charge is -2.02. The predicted octanol–water partition coefficient (Wildman–Crippen LogP) is 3.32. The van der Waals surface area contributed by atoms with Crippen LogP contribution in [0.15, 0.2) is 30.4 Å². The minimum absolute atomic E-state index is 0.179. The molecule has 0 N–H and O–H groups in total. The van der Waals surface area contributed by atoms with E-state index >= 15 is 0 Å². The van der Waals surface area contributed by atoms with Gasteiger partial charge in [0.1, 0.15) is 0 Å².